The van der Waals surface area contributed by atoms with E-state index in [2.05, 4.69) is 0 Å². The van der Waals surface area contributed by atoms with Gasteiger partial charge in [-0.3, -0.25) is 0 Å². The van der Waals surface area contributed by atoms with Gasteiger partial charge >= 0.3 is 5.97 Å². The van der Waals surface area contributed by atoms with Gasteiger partial charge in [-0.15, -0.1) is 0 Å². The summed E-state index contributed by atoms with van der Waals surface area (Å²) in [5.41, 5.74) is -0.276. The second-order valence-electron chi connectivity index (χ2n) is 7.48. The molecule has 0 aromatic rings. The Hall–Kier alpha value is -1.53. The van der Waals surface area contributed by atoms with Crippen LogP contribution in [0.25, 0.3) is 0 Å². The van der Waals surface area contributed by atoms with Crippen LogP contribution in [0, 0.1) is 11.3 Å². The highest BCUT2D eigenvalue weighted by Crippen LogP contribution is 2.53. The standard InChI is InChI=1S/C18H26O10/c1-7-4-10(20)18(2)8(15(24)25-3)6-26-16(11(7)18)28-17-14(23)13(22)12(21)9(5-19)27-17/h4,6,9-14,16-17,19-23H,5H2,1-3H3. The average molecular weight is 402 g/mol. The molecule has 0 aromatic heterocycles. The highest BCUT2D eigenvalue weighted by atomic mass is 16.8. The number of carbonyl (C=O) groups excluding carboxylic acids is 1. The van der Waals surface area contributed by atoms with E-state index in [0.717, 1.165) is 6.26 Å². The minimum absolute atomic E-state index is 0.134. The predicted octanol–water partition coefficient (Wildman–Crippen LogP) is -1.84. The fourth-order valence-electron chi connectivity index (χ4n) is 4.15. The molecule has 0 radical (unpaired) electrons. The summed E-state index contributed by atoms with van der Waals surface area (Å²) in [6.45, 7) is 2.82. The second-order valence-corrected chi connectivity index (χ2v) is 7.48. The van der Waals surface area contributed by atoms with Crippen LogP contribution in [0.1, 0.15) is 13.8 Å². The van der Waals surface area contributed by atoms with Crippen LogP contribution in [-0.2, 0) is 23.7 Å². The van der Waals surface area contributed by atoms with Gasteiger partial charge < -0.3 is 44.5 Å². The van der Waals surface area contributed by atoms with E-state index in [0.29, 0.717) is 5.57 Å². The highest BCUT2D eigenvalue weighted by molar-refractivity contribution is 5.90. The quantitative estimate of drug-likeness (QED) is 0.268. The molecule has 2 aliphatic heterocycles. The molecule has 9 unspecified atom stereocenters. The van der Waals surface area contributed by atoms with Crippen molar-refractivity contribution in [2.75, 3.05) is 13.7 Å². The Morgan fingerprint density at radius 2 is 1.86 bits per heavy atom. The number of carbonyl (C=O) groups is 1. The minimum Gasteiger partial charge on any atom is -0.471 e. The topological polar surface area (TPSA) is 155 Å². The maximum absolute atomic E-state index is 12.2. The summed E-state index contributed by atoms with van der Waals surface area (Å²) in [6, 6.07) is 0. The van der Waals surface area contributed by atoms with Crippen LogP contribution in [0.4, 0.5) is 0 Å². The second kappa shape index (κ2) is 7.71. The van der Waals surface area contributed by atoms with E-state index in [1.807, 2.05) is 0 Å². The molecule has 0 amide bonds. The molecule has 3 rings (SSSR count). The molecular weight excluding hydrogens is 376 g/mol. The van der Waals surface area contributed by atoms with Crippen LogP contribution in [0.5, 0.6) is 0 Å². The summed E-state index contributed by atoms with van der Waals surface area (Å²) in [4.78, 5) is 12.2. The fourth-order valence-corrected chi connectivity index (χ4v) is 4.15. The molecule has 158 valence electrons. The largest absolute Gasteiger partial charge is 0.471 e. The highest BCUT2D eigenvalue weighted by Gasteiger charge is 2.58. The zero-order valence-electron chi connectivity index (χ0n) is 15.8. The van der Waals surface area contributed by atoms with Crippen molar-refractivity contribution in [2.45, 2.75) is 56.9 Å². The number of aliphatic hydroxyl groups excluding tert-OH is 5. The van der Waals surface area contributed by atoms with Gasteiger partial charge in [0.15, 0.2) is 6.29 Å². The molecule has 10 heteroatoms. The molecule has 28 heavy (non-hydrogen) atoms. The lowest BCUT2D eigenvalue weighted by atomic mass is 9.69. The van der Waals surface area contributed by atoms with E-state index in [4.69, 9.17) is 18.9 Å². The predicted molar refractivity (Wildman–Crippen MR) is 91.2 cm³/mol. The molecule has 0 aromatic carbocycles. The summed E-state index contributed by atoms with van der Waals surface area (Å²) in [5.74, 6) is -1.27. The van der Waals surface area contributed by atoms with Crippen molar-refractivity contribution in [1.29, 1.82) is 0 Å². The van der Waals surface area contributed by atoms with E-state index in [1.54, 1.807) is 19.9 Å². The molecule has 0 spiro atoms. The van der Waals surface area contributed by atoms with Crippen molar-refractivity contribution >= 4 is 5.97 Å². The number of ether oxygens (including phenoxy) is 4. The van der Waals surface area contributed by atoms with E-state index in [9.17, 15) is 30.3 Å². The number of hydrogen-bond donors (Lipinski definition) is 5. The SMILES string of the molecule is COC(=O)C1=COC(OC2OC(CO)C(O)C(O)C2O)C2C(C)=CC(O)C12C. The Labute approximate surface area is 161 Å². The maximum atomic E-state index is 12.2. The Morgan fingerprint density at radius 3 is 2.46 bits per heavy atom. The number of hydrogen-bond acceptors (Lipinski definition) is 10. The number of fused-ring (bicyclic) bond motifs is 1. The summed E-state index contributed by atoms with van der Waals surface area (Å²) >= 11 is 0. The molecule has 2 heterocycles. The number of esters is 1. The van der Waals surface area contributed by atoms with Crippen LogP contribution in [-0.4, -0.2) is 88.3 Å². The number of methoxy groups -OCH3 is 1. The van der Waals surface area contributed by atoms with Crippen molar-refractivity contribution in [3.63, 3.8) is 0 Å². The molecule has 0 saturated carbocycles. The summed E-state index contributed by atoms with van der Waals surface area (Å²) < 4.78 is 21.4. The van der Waals surface area contributed by atoms with Gasteiger partial charge in [-0.2, -0.15) is 0 Å². The molecule has 5 N–H and O–H groups in total. The number of aliphatic hydroxyl groups is 5. The normalized spacial score (nSPS) is 45.6. The van der Waals surface area contributed by atoms with Gasteiger partial charge in [0.25, 0.3) is 0 Å². The molecule has 9 atom stereocenters. The Kier molecular flexibility index (Phi) is 5.84. The van der Waals surface area contributed by atoms with Crippen molar-refractivity contribution in [1.82, 2.24) is 0 Å². The van der Waals surface area contributed by atoms with Crippen LogP contribution in [0.3, 0.4) is 0 Å². The fraction of sp³-hybridized carbons (Fsp3) is 0.722. The van der Waals surface area contributed by atoms with Gasteiger partial charge in [0, 0.05) is 5.41 Å². The van der Waals surface area contributed by atoms with E-state index in [1.165, 1.54) is 7.11 Å². The Balaban J connectivity index is 1.88. The van der Waals surface area contributed by atoms with Gasteiger partial charge in [0.05, 0.1) is 37.6 Å². The van der Waals surface area contributed by atoms with Crippen molar-refractivity contribution < 1.29 is 49.3 Å². The molecular formula is C18H26O10. The minimum atomic E-state index is -1.60. The maximum Gasteiger partial charge on any atom is 0.337 e. The first kappa shape index (κ1) is 21.2. The van der Waals surface area contributed by atoms with Crippen molar-refractivity contribution in [2.24, 2.45) is 11.3 Å². The van der Waals surface area contributed by atoms with Gasteiger partial charge in [-0.25, -0.2) is 4.79 Å². The molecule has 0 bridgehead atoms. The van der Waals surface area contributed by atoms with Gasteiger partial charge in [-0.1, -0.05) is 18.6 Å². The third kappa shape index (κ3) is 3.14. The first-order valence-electron chi connectivity index (χ1n) is 8.93. The molecule has 1 fully saturated rings. The van der Waals surface area contributed by atoms with Gasteiger partial charge in [0.2, 0.25) is 6.29 Å². The summed E-state index contributed by atoms with van der Waals surface area (Å²) in [7, 11) is 1.22. The van der Waals surface area contributed by atoms with Gasteiger partial charge in [-0.05, 0) is 6.92 Å². The Morgan fingerprint density at radius 1 is 1.18 bits per heavy atom. The Bertz CT molecular complexity index is 673. The summed E-state index contributed by atoms with van der Waals surface area (Å²) in [5, 5.41) is 49.9. The monoisotopic (exact) mass is 402 g/mol. The first-order valence-corrected chi connectivity index (χ1v) is 8.93. The lowest BCUT2D eigenvalue weighted by molar-refractivity contribution is -0.342. The van der Waals surface area contributed by atoms with Crippen molar-refractivity contribution in [3.05, 3.63) is 23.5 Å². The molecule has 1 saturated heterocycles. The van der Waals surface area contributed by atoms with Gasteiger partial charge in [0.1, 0.15) is 24.4 Å². The smallest absolute Gasteiger partial charge is 0.337 e. The third-order valence-corrected chi connectivity index (χ3v) is 5.87. The molecule has 10 nitrogen and oxygen atoms in total. The summed E-state index contributed by atoms with van der Waals surface area (Å²) in [6.07, 6.45) is -6.62. The lowest BCUT2D eigenvalue weighted by Gasteiger charge is -2.46. The van der Waals surface area contributed by atoms with Crippen LogP contribution < -0.4 is 0 Å². The molecule has 3 aliphatic rings. The molecule has 1 aliphatic carbocycles. The zero-order chi connectivity index (χ0) is 20.8. The lowest BCUT2D eigenvalue weighted by Crippen LogP contribution is -2.60. The first-order chi connectivity index (χ1) is 13.2. The van der Waals surface area contributed by atoms with Crippen LogP contribution >= 0.6 is 0 Å². The van der Waals surface area contributed by atoms with Crippen LogP contribution in [0.2, 0.25) is 0 Å². The van der Waals surface area contributed by atoms with Crippen LogP contribution in [0.15, 0.2) is 23.5 Å². The number of rotatable bonds is 4. The zero-order valence-corrected chi connectivity index (χ0v) is 15.8. The third-order valence-electron chi connectivity index (χ3n) is 5.87. The van der Waals surface area contributed by atoms with E-state index in [-0.39, 0.29) is 5.57 Å². The van der Waals surface area contributed by atoms with E-state index < -0.39 is 67.0 Å². The van der Waals surface area contributed by atoms with E-state index >= 15 is 0 Å². The van der Waals surface area contributed by atoms with Crippen molar-refractivity contribution in [3.8, 4) is 0 Å². The average Bonchev–Trinajstić information content (AvgIpc) is 2.91.